The van der Waals surface area contributed by atoms with Crippen LogP contribution in [0, 0.1) is 5.82 Å². The number of benzene rings is 2. The Morgan fingerprint density at radius 1 is 1.17 bits per heavy atom. The van der Waals surface area contributed by atoms with E-state index in [4.69, 9.17) is 10.5 Å². The van der Waals surface area contributed by atoms with Gasteiger partial charge in [-0.25, -0.2) is 13.9 Å². The Morgan fingerprint density at radius 3 is 2.54 bits per heavy atom. The molecular weight excluding hydrogens is 445 g/mol. The molecule has 1 aliphatic rings. The number of urea groups is 1. The van der Waals surface area contributed by atoms with Crippen molar-refractivity contribution in [3.05, 3.63) is 77.7 Å². The Morgan fingerprint density at radius 2 is 1.91 bits per heavy atom. The number of anilines is 1. The summed E-state index contributed by atoms with van der Waals surface area (Å²) in [5.74, 6) is 0.761. The molecule has 1 aromatic heterocycles. The number of nitrogens with two attached hydrogens (primary N) is 1. The highest BCUT2D eigenvalue weighted by atomic mass is 19.1. The van der Waals surface area contributed by atoms with E-state index in [1.54, 1.807) is 25.3 Å². The van der Waals surface area contributed by atoms with Gasteiger partial charge in [-0.2, -0.15) is 5.10 Å². The number of rotatable bonds is 6. The van der Waals surface area contributed by atoms with Crippen LogP contribution in [0.25, 0.3) is 5.69 Å². The normalized spacial score (nSPS) is 16.0. The van der Waals surface area contributed by atoms with Crippen molar-refractivity contribution >= 4 is 11.8 Å². The van der Waals surface area contributed by atoms with Crippen LogP contribution < -0.4 is 11.1 Å². The van der Waals surface area contributed by atoms with Gasteiger partial charge < -0.3 is 15.4 Å². The molecule has 0 aliphatic carbocycles. The van der Waals surface area contributed by atoms with Crippen LogP contribution in [-0.4, -0.2) is 54.1 Å². The zero-order chi connectivity index (χ0) is 25.4. The molecule has 1 atom stereocenters. The molecule has 2 aromatic carbocycles. The number of carbonyl (C=O) groups excluding carboxylic acids is 1. The van der Waals surface area contributed by atoms with Crippen LogP contribution in [-0.2, 0) is 10.2 Å². The van der Waals surface area contributed by atoms with E-state index in [0.717, 1.165) is 24.8 Å². The molecule has 3 N–H and O–H groups in total. The van der Waals surface area contributed by atoms with Crippen molar-refractivity contribution in [1.82, 2.24) is 14.7 Å². The van der Waals surface area contributed by atoms with Gasteiger partial charge in [0.25, 0.3) is 0 Å². The molecule has 1 aliphatic heterocycles. The minimum absolute atomic E-state index is 0.202. The van der Waals surface area contributed by atoms with E-state index < -0.39 is 6.03 Å². The van der Waals surface area contributed by atoms with Crippen LogP contribution in [0.15, 0.2) is 60.7 Å². The molecule has 2 amide bonds. The highest BCUT2D eigenvalue weighted by Gasteiger charge is 2.23. The average molecular weight is 482 g/mol. The molecule has 4 rings (SSSR count). The largest absolute Gasteiger partial charge is 0.383 e. The summed E-state index contributed by atoms with van der Waals surface area (Å²) in [5, 5.41) is 6.93. The topological polar surface area (TPSA) is 85.4 Å². The maximum absolute atomic E-state index is 13.3. The second-order valence-electron chi connectivity index (χ2n) is 9.74. The molecular formula is C27H36FN5O2. The summed E-state index contributed by atoms with van der Waals surface area (Å²) < 4.78 is 19.9. The SMILES string of the molecule is CC(C)(C)c1cc(NC(N)=O)n(-c2cccc(F)c2)n1.COCCN1CCC(c2ccccc2)C1. The third kappa shape index (κ3) is 7.63. The molecule has 0 spiro atoms. The average Bonchev–Trinajstić information content (AvgIpc) is 3.46. The lowest BCUT2D eigenvalue weighted by atomic mass is 9.92. The fourth-order valence-corrected chi connectivity index (χ4v) is 4.02. The van der Waals surface area contributed by atoms with Crippen LogP contribution >= 0.6 is 0 Å². The van der Waals surface area contributed by atoms with Gasteiger partial charge in [0.1, 0.15) is 11.6 Å². The maximum Gasteiger partial charge on any atom is 0.317 e. The quantitative estimate of drug-likeness (QED) is 0.523. The number of likely N-dealkylation sites (tertiary alicyclic amines) is 1. The number of amides is 2. The molecule has 1 saturated heterocycles. The van der Waals surface area contributed by atoms with Crippen molar-refractivity contribution in [3.8, 4) is 5.69 Å². The molecule has 1 fully saturated rings. The summed E-state index contributed by atoms with van der Waals surface area (Å²) in [5.41, 5.74) is 7.72. The van der Waals surface area contributed by atoms with E-state index >= 15 is 0 Å². The van der Waals surface area contributed by atoms with Crippen molar-refractivity contribution < 1.29 is 13.9 Å². The first-order valence-electron chi connectivity index (χ1n) is 11.9. The molecule has 0 saturated carbocycles. The first kappa shape index (κ1) is 26.4. The maximum atomic E-state index is 13.3. The van der Waals surface area contributed by atoms with Gasteiger partial charge in [0.2, 0.25) is 0 Å². The van der Waals surface area contributed by atoms with Gasteiger partial charge in [0.15, 0.2) is 0 Å². The summed E-state index contributed by atoms with van der Waals surface area (Å²) in [6.07, 6.45) is 1.29. The molecule has 1 unspecified atom stereocenters. The summed E-state index contributed by atoms with van der Waals surface area (Å²) in [6, 6.07) is 17.8. The zero-order valence-electron chi connectivity index (χ0n) is 21.0. The van der Waals surface area contributed by atoms with Crippen LogP contribution in [0.4, 0.5) is 15.0 Å². The highest BCUT2D eigenvalue weighted by Crippen LogP contribution is 2.27. The molecule has 35 heavy (non-hydrogen) atoms. The van der Waals surface area contributed by atoms with Crippen LogP contribution in [0.2, 0.25) is 0 Å². The van der Waals surface area contributed by atoms with Crippen LogP contribution in [0.3, 0.4) is 0 Å². The van der Waals surface area contributed by atoms with Crippen molar-refractivity contribution in [2.24, 2.45) is 5.73 Å². The predicted octanol–water partition coefficient (Wildman–Crippen LogP) is 4.92. The van der Waals surface area contributed by atoms with Gasteiger partial charge in [-0.1, -0.05) is 57.2 Å². The number of ether oxygens (including phenoxy) is 1. The van der Waals surface area contributed by atoms with Gasteiger partial charge in [-0.15, -0.1) is 0 Å². The third-order valence-electron chi connectivity index (χ3n) is 5.94. The number of aromatic nitrogens is 2. The Balaban J connectivity index is 0.000000203. The van der Waals surface area contributed by atoms with Gasteiger partial charge in [0.05, 0.1) is 18.0 Å². The van der Waals surface area contributed by atoms with E-state index in [1.165, 1.54) is 41.9 Å². The summed E-state index contributed by atoms with van der Waals surface area (Å²) in [7, 11) is 1.77. The first-order valence-corrected chi connectivity index (χ1v) is 11.9. The molecule has 7 nitrogen and oxygen atoms in total. The first-order chi connectivity index (χ1) is 16.7. The number of methoxy groups -OCH3 is 1. The molecule has 0 bridgehead atoms. The fraction of sp³-hybridized carbons (Fsp3) is 0.407. The molecule has 3 aromatic rings. The number of hydrogen-bond acceptors (Lipinski definition) is 4. The highest BCUT2D eigenvalue weighted by molar-refractivity contribution is 5.87. The van der Waals surface area contributed by atoms with Gasteiger partial charge in [0, 0.05) is 31.7 Å². The van der Waals surface area contributed by atoms with E-state index in [1.807, 2.05) is 20.8 Å². The Bertz CT molecular complexity index is 1090. The Hall–Kier alpha value is -3.23. The predicted molar refractivity (Wildman–Crippen MR) is 138 cm³/mol. The van der Waals surface area contributed by atoms with Crippen molar-refractivity contribution in [1.29, 1.82) is 0 Å². The van der Waals surface area contributed by atoms with Gasteiger partial charge in [-0.3, -0.25) is 5.32 Å². The van der Waals surface area contributed by atoms with Gasteiger partial charge in [-0.05, 0) is 42.6 Å². The second kappa shape index (κ2) is 12.0. The minimum Gasteiger partial charge on any atom is -0.383 e. The van der Waals surface area contributed by atoms with Crippen LogP contribution in [0.5, 0.6) is 0 Å². The number of halogens is 1. The fourth-order valence-electron chi connectivity index (χ4n) is 4.02. The minimum atomic E-state index is -0.692. The van der Waals surface area contributed by atoms with Gasteiger partial charge >= 0.3 is 6.03 Å². The second-order valence-corrected chi connectivity index (χ2v) is 9.74. The summed E-state index contributed by atoms with van der Waals surface area (Å²) >= 11 is 0. The summed E-state index contributed by atoms with van der Waals surface area (Å²) in [6.45, 7) is 10.3. The van der Waals surface area contributed by atoms with E-state index in [9.17, 15) is 9.18 Å². The Labute approximate surface area is 207 Å². The lowest BCUT2D eigenvalue weighted by Crippen LogP contribution is -2.24. The number of primary amides is 1. The van der Waals surface area contributed by atoms with Crippen molar-refractivity contribution in [2.45, 2.75) is 38.5 Å². The monoisotopic (exact) mass is 481 g/mol. The lowest BCUT2D eigenvalue weighted by Gasteiger charge is -2.15. The number of nitrogens with zero attached hydrogens (tertiary/aromatic N) is 3. The standard InChI is InChI=1S/C14H17FN4O.C13H19NO/c1-14(2,3)11-8-12(17-13(16)20)19(18-11)10-6-4-5-9(15)7-10;1-15-10-9-14-8-7-13(11-14)12-5-3-2-4-6-12/h4-8H,1-3H3,(H3,16,17,20);2-6,13H,7-11H2,1H3. The molecule has 2 heterocycles. The number of carbonyl (C=O) groups is 1. The third-order valence-corrected chi connectivity index (χ3v) is 5.94. The number of hydrogen-bond donors (Lipinski definition) is 2. The van der Waals surface area contributed by atoms with E-state index in [-0.39, 0.29) is 11.2 Å². The number of nitrogens with one attached hydrogen (secondary N) is 1. The van der Waals surface area contributed by atoms with Crippen molar-refractivity contribution in [2.75, 3.05) is 38.7 Å². The van der Waals surface area contributed by atoms with E-state index in [2.05, 4.69) is 45.6 Å². The molecule has 8 heteroatoms. The lowest BCUT2D eigenvalue weighted by molar-refractivity contribution is 0.160. The zero-order valence-corrected chi connectivity index (χ0v) is 21.0. The van der Waals surface area contributed by atoms with E-state index in [0.29, 0.717) is 11.5 Å². The molecule has 0 radical (unpaired) electrons. The Kier molecular flexibility index (Phi) is 9.01. The summed E-state index contributed by atoms with van der Waals surface area (Å²) in [4.78, 5) is 13.6. The smallest absolute Gasteiger partial charge is 0.317 e. The molecule has 188 valence electrons. The van der Waals surface area contributed by atoms with Crippen molar-refractivity contribution in [3.63, 3.8) is 0 Å². The van der Waals surface area contributed by atoms with Crippen LogP contribution in [0.1, 0.15) is 44.4 Å².